The van der Waals surface area contributed by atoms with E-state index in [1.54, 1.807) is 42.5 Å². The first kappa shape index (κ1) is 24.0. The highest BCUT2D eigenvalue weighted by atomic mass is 19.4. The summed E-state index contributed by atoms with van der Waals surface area (Å²) in [6.07, 6.45) is -4.40. The molecule has 0 fully saturated rings. The molecule has 0 aliphatic rings. The molecule has 180 valence electrons. The van der Waals surface area contributed by atoms with Crippen LogP contribution in [0, 0.1) is 0 Å². The van der Waals surface area contributed by atoms with E-state index in [9.17, 15) is 18.0 Å². The van der Waals surface area contributed by atoms with E-state index in [0.717, 1.165) is 6.33 Å². The van der Waals surface area contributed by atoms with Gasteiger partial charge in [-0.05, 0) is 24.1 Å². The number of nitrogens with two attached hydrogens (primary N) is 1. The van der Waals surface area contributed by atoms with Gasteiger partial charge >= 0.3 is 12.1 Å². The van der Waals surface area contributed by atoms with Crippen molar-refractivity contribution in [3.05, 3.63) is 90.4 Å². The molecule has 0 aliphatic carbocycles. The molecule has 1 unspecified atom stereocenters. The maximum absolute atomic E-state index is 14.1. The molecule has 2 heterocycles. The molecule has 2 aromatic carbocycles. The van der Waals surface area contributed by atoms with Gasteiger partial charge in [0.25, 0.3) is 0 Å². The van der Waals surface area contributed by atoms with Gasteiger partial charge in [0.15, 0.2) is 0 Å². The van der Waals surface area contributed by atoms with Crippen molar-refractivity contribution in [2.75, 3.05) is 0 Å². The molecule has 0 amide bonds. The molecule has 0 aliphatic heterocycles. The topological polar surface area (TPSA) is 111 Å². The van der Waals surface area contributed by atoms with Crippen molar-refractivity contribution in [2.24, 2.45) is 5.73 Å². The van der Waals surface area contributed by atoms with Crippen LogP contribution in [-0.4, -0.2) is 33.3 Å². The summed E-state index contributed by atoms with van der Waals surface area (Å²) < 4.78 is 52.9. The molecule has 2 atom stereocenters. The lowest BCUT2D eigenvalue weighted by Gasteiger charge is -2.23. The summed E-state index contributed by atoms with van der Waals surface area (Å²) in [6, 6.07) is 16.1. The minimum absolute atomic E-state index is 0.116. The van der Waals surface area contributed by atoms with Crippen LogP contribution in [0.2, 0.25) is 0 Å². The van der Waals surface area contributed by atoms with Crippen molar-refractivity contribution in [1.29, 1.82) is 0 Å². The average molecular weight is 483 g/mol. The number of carbonyl (C=O) groups is 1. The molecule has 0 saturated heterocycles. The van der Waals surface area contributed by atoms with Gasteiger partial charge in [-0.15, -0.1) is 0 Å². The number of benzene rings is 2. The number of halogens is 3. The molecule has 7 nitrogen and oxygen atoms in total. The number of carboxylic acid groups (broad SMARTS) is 1. The number of aromatic nitrogens is 2. The number of furan rings is 1. The van der Waals surface area contributed by atoms with E-state index in [4.69, 9.17) is 20.0 Å². The van der Waals surface area contributed by atoms with Crippen LogP contribution < -0.4 is 10.5 Å². The molecule has 4 aromatic rings. The third-order valence-electron chi connectivity index (χ3n) is 5.23. The number of alkyl halides is 3. The molecule has 2 aromatic heterocycles. The minimum Gasteiger partial charge on any atom is -0.480 e. The standard InChI is InChI=1S/C25H20F3N3O4/c26-25(27,28)23(18-5-2-1-4-17(18)21-6-3-11-34-21)35-22-13-20(30-14-31-22)16-9-7-15(8-10-16)12-19(29)24(32)33/h1-11,13-14,19,23H,12,29H2,(H,32,33)/t19?,23-/m0/s1. The summed E-state index contributed by atoms with van der Waals surface area (Å²) in [4.78, 5) is 18.9. The predicted molar refractivity (Wildman–Crippen MR) is 120 cm³/mol. The molecule has 3 N–H and O–H groups in total. The minimum atomic E-state index is -4.74. The Kier molecular flexibility index (Phi) is 6.83. The highest BCUT2D eigenvalue weighted by Gasteiger charge is 2.44. The Morgan fingerprint density at radius 1 is 1.06 bits per heavy atom. The monoisotopic (exact) mass is 483 g/mol. The van der Waals surface area contributed by atoms with Crippen molar-refractivity contribution in [3.8, 4) is 28.5 Å². The zero-order valence-corrected chi connectivity index (χ0v) is 18.1. The number of nitrogens with zero attached hydrogens (tertiary/aromatic N) is 2. The Labute approximate surface area is 198 Å². The van der Waals surface area contributed by atoms with Crippen LogP contribution in [0.1, 0.15) is 17.2 Å². The first-order valence-corrected chi connectivity index (χ1v) is 10.5. The van der Waals surface area contributed by atoms with E-state index in [0.29, 0.717) is 16.8 Å². The van der Waals surface area contributed by atoms with E-state index >= 15 is 0 Å². The number of carboxylic acids is 1. The summed E-state index contributed by atoms with van der Waals surface area (Å²) in [5.74, 6) is -1.09. The number of hydrogen-bond donors (Lipinski definition) is 2. The van der Waals surface area contributed by atoms with Crippen molar-refractivity contribution in [2.45, 2.75) is 24.7 Å². The summed E-state index contributed by atoms with van der Waals surface area (Å²) >= 11 is 0. The third kappa shape index (κ3) is 5.67. The normalized spacial score (nSPS) is 13.3. The van der Waals surface area contributed by atoms with Crippen LogP contribution >= 0.6 is 0 Å². The quantitative estimate of drug-likeness (QED) is 0.361. The summed E-state index contributed by atoms with van der Waals surface area (Å²) in [5.41, 5.74) is 7.31. The van der Waals surface area contributed by atoms with E-state index in [1.165, 1.54) is 30.5 Å². The van der Waals surface area contributed by atoms with Crippen LogP contribution in [0.15, 0.2) is 83.7 Å². The Balaban J connectivity index is 1.61. The fourth-order valence-electron chi connectivity index (χ4n) is 3.52. The lowest BCUT2D eigenvalue weighted by Crippen LogP contribution is -2.32. The second kappa shape index (κ2) is 9.98. The van der Waals surface area contributed by atoms with Gasteiger partial charge in [0.05, 0.1) is 12.0 Å². The SMILES string of the molecule is NC(Cc1ccc(-c2cc(O[C@@H](c3ccccc3-c3ccco3)C(F)(F)F)ncn2)cc1)C(=O)O. The maximum atomic E-state index is 14.1. The number of aliphatic carboxylic acids is 1. The summed E-state index contributed by atoms with van der Waals surface area (Å²) in [7, 11) is 0. The highest BCUT2D eigenvalue weighted by molar-refractivity contribution is 5.73. The number of ether oxygens (including phenoxy) is 1. The van der Waals surface area contributed by atoms with E-state index in [1.807, 2.05) is 0 Å². The fourth-order valence-corrected chi connectivity index (χ4v) is 3.52. The molecule has 0 spiro atoms. The van der Waals surface area contributed by atoms with Crippen molar-refractivity contribution < 1.29 is 32.2 Å². The summed E-state index contributed by atoms with van der Waals surface area (Å²) in [6.45, 7) is 0. The molecular formula is C25H20F3N3O4. The van der Waals surface area contributed by atoms with Crippen LogP contribution in [0.4, 0.5) is 13.2 Å². The Hall–Kier alpha value is -4.18. The first-order valence-electron chi connectivity index (χ1n) is 10.5. The Morgan fingerprint density at radius 3 is 2.46 bits per heavy atom. The van der Waals surface area contributed by atoms with Crippen molar-refractivity contribution in [1.82, 2.24) is 9.97 Å². The molecule has 35 heavy (non-hydrogen) atoms. The van der Waals surface area contributed by atoms with Crippen molar-refractivity contribution in [3.63, 3.8) is 0 Å². The Morgan fingerprint density at radius 2 is 1.80 bits per heavy atom. The van der Waals surface area contributed by atoms with Gasteiger partial charge in [0.2, 0.25) is 12.0 Å². The van der Waals surface area contributed by atoms with Crippen LogP contribution in [0.25, 0.3) is 22.6 Å². The lowest BCUT2D eigenvalue weighted by atomic mass is 10.00. The van der Waals surface area contributed by atoms with Gasteiger partial charge in [-0.1, -0.05) is 48.5 Å². The summed E-state index contributed by atoms with van der Waals surface area (Å²) in [5, 5.41) is 8.95. The molecule has 0 bridgehead atoms. The highest BCUT2D eigenvalue weighted by Crippen LogP contribution is 2.41. The van der Waals surface area contributed by atoms with Gasteiger partial charge in [-0.25, -0.2) is 9.97 Å². The van der Waals surface area contributed by atoms with Crippen molar-refractivity contribution >= 4 is 5.97 Å². The largest absolute Gasteiger partial charge is 0.480 e. The van der Waals surface area contributed by atoms with Gasteiger partial charge in [0.1, 0.15) is 18.1 Å². The third-order valence-corrected chi connectivity index (χ3v) is 5.23. The predicted octanol–water partition coefficient (Wildman–Crippen LogP) is 5.04. The second-order valence-electron chi connectivity index (χ2n) is 7.69. The van der Waals surface area contributed by atoms with E-state index < -0.39 is 24.3 Å². The van der Waals surface area contributed by atoms with E-state index in [-0.39, 0.29) is 29.2 Å². The fraction of sp³-hybridized carbons (Fsp3) is 0.160. The maximum Gasteiger partial charge on any atom is 0.429 e. The molecule has 0 saturated carbocycles. The Bertz CT molecular complexity index is 1290. The molecular weight excluding hydrogens is 463 g/mol. The number of rotatable bonds is 8. The molecule has 4 rings (SSSR count). The average Bonchev–Trinajstić information content (AvgIpc) is 3.37. The zero-order valence-electron chi connectivity index (χ0n) is 18.1. The van der Waals surface area contributed by atoms with Gasteiger partial charge in [0, 0.05) is 22.8 Å². The van der Waals surface area contributed by atoms with Gasteiger partial charge in [-0.3, -0.25) is 4.79 Å². The first-order chi connectivity index (χ1) is 16.7. The number of hydrogen-bond acceptors (Lipinski definition) is 6. The van der Waals surface area contributed by atoms with Crippen LogP contribution in [0.5, 0.6) is 5.88 Å². The van der Waals surface area contributed by atoms with Crippen LogP contribution in [-0.2, 0) is 11.2 Å². The molecule has 10 heteroatoms. The van der Waals surface area contributed by atoms with Gasteiger partial charge in [-0.2, -0.15) is 13.2 Å². The zero-order chi connectivity index (χ0) is 25.0. The van der Waals surface area contributed by atoms with Gasteiger partial charge < -0.3 is 20.0 Å². The van der Waals surface area contributed by atoms with Crippen LogP contribution in [0.3, 0.4) is 0 Å². The lowest BCUT2D eigenvalue weighted by molar-refractivity contribution is -0.198. The van der Waals surface area contributed by atoms with E-state index in [2.05, 4.69) is 9.97 Å². The second-order valence-corrected chi connectivity index (χ2v) is 7.69. The smallest absolute Gasteiger partial charge is 0.429 e. The molecule has 0 radical (unpaired) electrons.